The summed E-state index contributed by atoms with van der Waals surface area (Å²) in [6.07, 6.45) is 3.47. The summed E-state index contributed by atoms with van der Waals surface area (Å²) in [4.78, 5) is 22.5. The van der Waals surface area contributed by atoms with Crippen molar-refractivity contribution < 1.29 is 14.4 Å². The number of hydrogen-bond donors (Lipinski definition) is 1. The minimum absolute atomic E-state index is 0.0603. The molecule has 2 rings (SSSR count). The smallest absolute Gasteiger partial charge is 0.410 e. The van der Waals surface area contributed by atoms with Crippen molar-refractivity contribution in [1.29, 1.82) is 0 Å². The van der Waals surface area contributed by atoms with Gasteiger partial charge in [0.05, 0.1) is 18.7 Å². The Labute approximate surface area is 117 Å². The van der Waals surface area contributed by atoms with Crippen LogP contribution in [0.4, 0.5) is 4.79 Å². The first-order valence-corrected chi connectivity index (χ1v) is 6.56. The maximum absolute atomic E-state index is 12.2. The maximum atomic E-state index is 12.2. The van der Waals surface area contributed by atoms with Gasteiger partial charge in [-0.25, -0.2) is 20.4 Å². The van der Waals surface area contributed by atoms with Crippen molar-refractivity contribution in [2.24, 2.45) is 5.90 Å². The van der Waals surface area contributed by atoms with Gasteiger partial charge in [-0.3, -0.25) is 0 Å². The minimum atomic E-state index is -0.531. The van der Waals surface area contributed by atoms with Crippen LogP contribution >= 0.6 is 0 Å². The van der Waals surface area contributed by atoms with E-state index in [9.17, 15) is 4.79 Å². The van der Waals surface area contributed by atoms with Crippen LogP contribution in [0.5, 0.6) is 0 Å². The Morgan fingerprint density at radius 2 is 2.25 bits per heavy atom. The molecule has 2 N–H and O–H groups in total. The highest BCUT2D eigenvalue weighted by molar-refractivity contribution is 5.69. The zero-order valence-corrected chi connectivity index (χ0v) is 12.0. The highest BCUT2D eigenvalue weighted by Crippen LogP contribution is 2.28. The molecule has 0 unspecified atom stereocenters. The SMILES string of the molecule is CC(C)(C)OC(=O)N1C[C@@H](n2cncn2)C[C@H]1CON. The van der Waals surface area contributed by atoms with Crippen LogP contribution in [0, 0.1) is 0 Å². The van der Waals surface area contributed by atoms with E-state index < -0.39 is 5.60 Å². The van der Waals surface area contributed by atoms with E-state index in [2.05, 4.69) is 10.1 Å². The molecule has 2 atom stereocenters. The number of ether oxygens (including phenoxy) is 1. The highest BCUT2D eigenvalue weighted by atomic mass is 16.6. The van der Waals surface area contributed by atoms with Crippen LogP contribution in [0.1, 0.15) is 33.2 Å². The summed E-state index contributed by atoms with van der Waals surface area (Å²) in [6.45, 7) is 6.29. The van der Waals surface area contributed by atoms with Gasteiger partial charge in [0, 0.05) is 6.54 Å². The molecule has 1 saturated heterocycles. The summed E-state index contributed by atoms with van der Waals surface area (Å²) in [7, 11) is 0. The predicted molar refractivity (Wildman–Crippen MR) is 70.5 cm³/mol. The second-order valence-electron chi connectivity index (χ2n) is 5.88. The number of aromatic nitrogens is 3. The van der Waals surface area contributed by atoms with E-state index in [1.165, 1.54) is 6.33 Å². The average molecular weight is 283 g/mol. The van der Waals surface area contributed by atoms with Crippen molar-refractivity contribution in [3.63, 3.8) is 0 Å². The fraction of sp³-hybridized carbons (Fsp3) is 0.750. The van der Waals surface area contributed by atoms with Gasteiger partial charge in [-0.2, -0.15) is 5.10 Å². The molecule has 0 saturated carbocycles. The Morgan fingerprint density at radius 1 is 1.50 bits per heavy atom. The van der Waals surface area contributed by atoms with Crippen LogP contribution in [0.2, 0.25) is 0 Å². The quantitative estimate of drug-likeness (QED) is 0.821. The summed E-state index contributed by atoms with van der Waals surface area (Å²) in [5.74, 6) is 5.15. The van der Waals surface area contributed by atoms with Crippen LogP contribution < -0.4 is 5.90 Å². The summed E-state index contributed by atoms with van der Waals surface area (Å²) in [6, 6.07) is -0.0609. The minimum Gasteiger partial charge on any atom is -0.444 e. The number of likely N-dealkylation sites (tertiary alicyclic amines) is 1. The second-order valence-corrected chi connectivity index (χ2v) is 5.88. The van der Waals surface area contributed by atoms with Gasteiger partial charge in [0.1, 0.15) is 18.3 Å². The number of carbonyl (C=O) groups is 1. The third-order valence-electron chi connectivity index (χ3n) is 3.12. The van der Waals surface area contributed by atoms with Gasteiger partial charge >= 0.3 is 6.09 Å². The molecule has 0 aromatic carbocycles. The summed E-state index contributed by atoms with van der Waals surface area (Å²) < 4.78 is 7.15. The Morgan fingerprint density at radius 3 is 2.80 bits per heavy atom. The number of nitrogens with zero attached hydrogens (tertiary/aromatic N) is 4. The Kier molecular flexibility index (Phi) is 4.24. The van der Waals surface area contributed by atoms with Crippen molar-refractivity contribution >= 4 is 6.09 Å². The molecule has 1 aromatic rings. The lowest BCUT2D eigenvalue weighted by molar-refractivity contribution is 0.0103. The molecular weight excluding hydrogens is 262 g/mol. The summed E-state index contributed by atoms with van der Waals surface area (Å²) >= 11 is 0. The molecule has 8 heteroatoms. The number of nitrogens with two attached hydrogens (primary N) is 1. The van der Waals surface area contributed by atoms with E-state index in [1.54, 1.807) is 15.9 Å². The zero-order valence-electron chi connectivity index (χ0n) is 12.0. The molecule has 20 heavy (non-hydrogen) atoms. The van der Waals surface area contributed by atoms with Gasteiger partial charge in [-0.1, -0.05) is 0 Å². The van der Waals surface area contributed by atoms with E-state index in [1.807, 2.05) is 20.8 Å². The summed E-state index contributed by atoms with van der Waals surface area (Å²) in [5, 5.41) is 4.12. The van der Waals surface area contributed by atoms with Crippen LogP contribution in [0.25, 0.3) is 0 Å². The molecule has 0 bridgehead atoms. The maximum Gasteiger partial charge on any atom is 0.410 e. The monoisotopic (exact) mass is 283 g/mol. The van der Waals surface area contributed by atoms with Crippen molar-refractivity contribution in [2.45, 2.75) is 44.9 Å². The van der Waals surface area contributed by atoms with Gasteiger partial charge in [0.2, 0.25) is 0 Å². The number of rotatable bonds is 3. The van der Waals surface area contributed by atoms with E-state index in [0.717, 1.165) is 0 Å². The van der Waals surface area contributed by atoms with Crippen LogP contribution in [0.3, 0.4) is 0 Å². The normalized spacial score (nSPS) is 23.1. The molecule has 2 heterocycles. The average Bonchev–Trinajstić information content (AvgIpc) is 2.94. The zero-order chi connectivity index (χ0) is 14.8. The van der Waals surface area contributed by atoms with E-state index in [-0.39, 0.29) is 24.8 Å². The first kappa shape index (κ1) is 14.7. The predicted octanol–water partition coefficient (Wildman–Crippen LogP) is 0.719. The molecule has 1 amide bonds. The van der Waals surface area contributed by atoms with Crippen LogP contribution in [-0.2, 0) is 9.57 Å². The molecule has 1 aliphatic rings. The van der Waals surface area contributed by atoms with Gasteiger partial charge in [-0.05, 0) is 27.2 Å². The molecule has 112 valence electrons. The van der Waals surface area contributed by atoms with E-state index >= 15 is 0 Å². The van der Waals surface area contributed by atoms with Crippen molar-refractivity contribution in [3.05, 3.63) is 12.7 Å². The fourth-order valence-electron chi connectivity index (χ4n) is 2.30. The topological polar surface area (TPSA) is 95.5 Å². The Bertz CT molecular complexity index is 442. The van der Waals surface area contributed by atoms with Gasteiger partial charge in [0.25, 0.3) is 0 Å². The largest absolute Gasteiger partial charge is 0.444 e. The first-order chi connectivity index (χ1) is 9.40. The third-order valence-corrected chi connectivity index (χ3v) is 3.12. The highest BCUT2D eigenvalue weighted by Gasteiger charge is 2.38. The molecule has 0 radical (unpaired) electrons. The van der Waals surface area contributed by atoms with E-state index in [0.29, 0.717) is 13.0 Å². The Balaban J connectivity index is 2.07. The van der Waals surface area contributed by atoms with Crippen molar-refractivity contribution in [3.8, 4) is 0 Å². The number of carbonyl (C=O) groups excluding carboxylic acids is 1. The fourth-order valence-corrected chi connectivity index (χ4v) is 2.30. The Hall–Kier alpha value is -1.67. The molecular formula is C12H21N5O3. The van der Waals surface area contributed by atoms with Crippen LogP contribution in [0.15, 0.2) is 12.7 Å². The van der Waals surface area contributed by atoms with E-state index in [4.69, 9.17) is 15.5 Å². The second kappa shape index (κ2) is 5.76. The van der Waals surface area contributed by atoms with Crippen molar-refractivity contribution in [1.82, 2.24) is 19.7 Å². The molecule has 1 aromatic heterocycles. The molecule has 0 aliphatic carbocycles. The molecule has 8 nitrogen and oxygen atoms in total. The number of hydrogen-bond acceptors (Lipinski definition) is 6. The van der Waals surface area contributed by atoms with Gasteiger partial charge in [0.15, 0.2) is 0 Å². The standard InChI is InChI=1S/C12H21N5O3/c1-12(2,3)20-11(18)16-5-9(4-10(16)6-19-13)17-8-14-7-15-17/h7-10H,4-6,13H2,1-3H3/t9-,10-/m0/s1. The number of amides is 1. The lowest BCUT2D eigenvalue weighted by Gasteiger charge is -2.27. The lowest BCUT2D eigenvalue weighted by Crippen LogP contribution is -2.42. The van der Waals surface area contributed by atoms with Crippen LogP contribution in [-0.4, -0.2) is 50.6 Å². The first-order valence-electron chi connectivity index (χ1n) is 6.56. The van der Waals surface area contributed by atoms with Gasteiger partial charge < -0.3 is 14.5 Å². The van der Waals surface area contributed by atoms with Gasteiger partial charge in [-0.15, -0.1) is 0 Å². The molecule has 1 fully saturated rings. The van der Waals surface area contributed by atoms with Crippen molar-refractivity contribution in [2.75, 3.05) is 13.2 Å². The third kappa shape index (κ3) is 3.45. The summed E-state index contributed by atoms with van der Waals surface area (Å²) in [5.41, 5.74) is -0.531. The molecule has 0 spiro atoms. The lowest BCUT2D eigenvalue weighted by atomic mass is 10.2. The molecule has 1 aliphatic heterocycles.